The van der Waals surface area contributed by atoms with Crippen LogP contribution in [0.2, 0.25) is 0 Å². The van der Waals surface area contributed by atoms with E-state index < -0.39 is 15.6 Å². The molecule has 1 aliphatic heterocycles. The molecule has 1 fully saturated rings. The van der Waals surface area contributed by atoms with Crippen molar-refractivity contribution in [2.75, 3.05) is 37.6 Å². The van der Waals surface area contributed by atoms with E-state index >= 15 is 0 Å². The van der Waals surface area contributed by atoms with E-state index in [9.17, 15) is 18.0 Å². The number of aryl methyl sites for hydroxylation is 2. The van der Waals surface area contributed by atoms with Gasteiger partial charge in [0, 0.05) is 43.3 Å². The minimum atomic E-state index is -3.88. The number of benzene rings is 1. The molecule has 2 atom stereocenters. The van der Waals surface area contributed by atoms with Gasteiger partial charge in [0.25, 0.3) is 5.56 Å². The predicted octanol–water partition coefficient (Wildman–Crippen LogP) is 3.77. The van der Waals surface area contributed by atoms with E-state index in [0.29, 0.717) is 29.3 Å². The Morgan fingerprint density at radius 2 is 1.92 bits per heavy atom. The number of hydrogen-bond acceptors (Lipinski definition) is 7. The number of rotatable bonds is 10. The van der Waals surface area contributed by atoms with E-state index in [1.54, 1.807) is 6.92 Å². The maximum atomic E-state index is 13.7. The molecule has 0 bridgehead atoms. The third kappa shape index (κ3) is 6.53. The molecule has 2 aromatic heterocycles. The molecule has 0 radical (unpaired) electrons. The summed E-state index contributed by atoms with van der Waals surface area (Å²) >= 11 is 1.20. The number of fused-ring (bicyclic) bond motifs is 1. The molecule has 39 heavy (non-hydrogen) atoms. The Morgan fingerprint density at radius 1 is 1.21 bits per heavy atom. The fraction of sp³-hybridized carbons (Fsp3) is 0.536. The van der Waals surface area contributed by atoms with E-state index in [1.807, 2.05) is 19.9 Å². The Bertz CT molecular complexity index is 1490. The summed E-state index contributed by atoms with van der Waals surface area (Å²) in [4.78, 5) is 33.7. The number of anilines is 1. The van der Waals surface area contributed by atoms with Crippen molar-refractivity contribution in [3.05, 3.63) is 51.4 Å². The van der Waals surface area contributed by atoms with Crippen molar-refractivity contribution in [2.45, 2.75) is 58.9 Å². The number of aromatic nitrogens is 2. The number of nitrogens with one attached hydrogen (secondary N) is 1. The average molecular weight is 574 g/mol. The first-order chi connectivity index (χ1) is 18.5. The number of nitrogens with zero attached hydrogens (tertiary/aromatic N) is 4. The molecule has 9 nitrogen and oxygen atoms in total. The Labute approximate surface area is 234 Å². The second-order valence-electron chi connectivity index (χ2n) is 10.7. The number of amides is 1. The molecule has 1 aromatic carbocycles. The lowest BCUT2D eigenvalue weighted by atomic mass is 9.94. The Kier molecular flexibility index (Phi) is 9.13. The zero-order valence-electron chi connectivity index (χ0n) is 23.4. The number of hydrogen-bond donors (Lipinski definition) is 1. The van der Waals surface area contributed by atoms with E-state index in [4.69, 9.17) is 0 Å². The third-order valence-electron chi connectivity index (χ3n) is 7.22. The van der Waals surface area contributed by atoms with Crippen LogP contribution in [0.5, 0.6) is 0 Å². The van der Waals surface area contributed by atoms with E-state index in [-0.39, 0.29) is 34.6 Å². The zero-order chi connectivity index (χ0) is 28.3. The van der Waals surface area contributed by atoms with Crippen molar-refractivity contribution in [3.8, 4) is 0 Å². The monoisotopic (exact) mass is 573 g/mol. The van der Waals surface area contributed by atoms with Gasteiger partial charge < -0.3 is 10.2 Å². The zero-order valence-corrected chi connectivity index (χ0v) is 25.1. The highest BCUT2D eigenvalue weighted by molar-refractivity contribution is 7.89. The smallest absolute Gasteiger partial charge is 0.263 e. The van der Waals surface area contributed by atoms with Crippen LogP contribution in [0.25, 0.3) is 10.2 Å². The second kappa shape index (κ2) is 12.2. The number of carbonyl (C=O) groups is 1. The van der Waals surface area contributed by atoms with Crippen molar-refractivity contribution >= 4 is 43.2 Å². The standard InChI is InChI=1S/C28H39N5O4S2/c1-6-31(23-10-7-9-19(2)14-23)12-8-11-29-24(34)17-32-18-30-27-25(28(32)35)26(22(5)38-27)39(36,37)33-15-20(3)13-21(4)16-33/h7,9-10,14,18,20-21H,6,8,11-13,15-17H2,1-5H3,(H,29,34)/t20-,21+. The van der Waals surface area contributed by atoms with E-state index in [1.165, 1.54) is 32.1 Å². The van der Waals surface area contributed by atoms with Crippen molar-refractivity contribution < 1.29 is 13.2 Å². The molecule has 0 saturated carbocycles. The summed E-state index contributed by atoms with van der Waals surface area (Å²) < 4.78 is 30.1. The Balaban J connectivity index is 1.45. The van der Waals surface area contributed by atoms with E-state index in [0.717, 1.165) is 31.6 Å². The van der Waals surface area contributed by atoms with Crippen LogP contribution in [0.1, 0.15) is 44.1 Å². The summed E-state index contributed by atoms with van der Waals surface area (Å²) in [6, 6.07) is 8.33. The number of piperidine rings is 1. The topological polar surface area (TPSA) is 105 Å². The largest absolute Gasteiger partial charge is 0.372 e. The van der Waals surface area contributed by atoms with Gasteiger partial charge in [0.05, 0.1) is 11.7 Å². The van der Waals surface area contributed by atoms with Gasteiger partial charge in [-0.15, -0.1) is 11.3 Å². The molecule has 3 heterocycles. The molecule has 3 aromatic rings. The second-order valence-corrected chi connectivity index (χ2v) is 13.8. The number of thiophene rings is 1. The lowest BCUT2D eigenvalue weighted by Crippen LogP contribution is -2.43. The summed E-state index contributed by atoms with van der Waals surface area (Å²) in [5, 5.41) is 2.96. The van der Waals surface area contributed by atoms with Gasteiger partial charge in [0.2, 0.25) is 15.9 Å². The molecule has 11 heteroatoms. The fourth-order valence-corrected chi connectivity index (χ4v) is 8.82. The molecule has 1 N–H and O–H groups in total. The first kappa shape index (κ1) is 29.2. The normalized spacial score (nSPS) is 18.4. The van der Waals surface area contributed by atoms with Gasteiger partial charge in [0.15, 0.2) is 0 Å². The number of sulfonamides is 1. The SMILES string of the molecule is CCN(CCCNC(=O)Cn1cnc2sc(C)c(S(=O)(=O)N3C[C@H](C)C[C@H](C)C3)c2c1=O)c1cccc(C)c1. The van der Waals surface area contributed by atoms with Crippen molar-refractivity contribution in [2.24, 2.45) is 11.8 Å². The van der Waals surface area contributed by atoms with E-state index in [2.05, 4.69) is 47.2 Å². The summed E-state index contributed by atoms with van der Waals surface area (Å²) in [6.45, 7) is 12.7. The predicted molar refractivity (Wildman–Crippen MR) is 157 cm³/mol. The molecule has 4 rings (SSSR count). The van der Waals surface area contributed by atoms with Crippen LogP contribution in [-0.2, 0) is 21.4 Å². The average Bonchev–Trinajstić information content (AvgIpc) is 3.22. The first-order valence-corrected chi connectivity index (χ1v) is 15.8. The molecule has 0 spiro atoms. The molecule has 0 aliphatic carbocycles. The van der Waals surface area contributed by atoms with Crippen LogP contribution in [0, 0.1) is 25.7 Å². The summed E-state index contributed by atoms with van der Waals surface area (Å²) in [6.07, 6.45) is 3.05. The Hall–Kier alpha value is -2.76. The summed E-state index contributed by atoms with van der Waals surface area (Å²) in [5.41, 5.74) is 1.85. The minimum absolute atomic E-state index is 0.0341. The van der Waals surface area contributed by atoms with Crippen molar-refractivity contribution in [3.63, 3.8) is 0 Å². The highest BCUT2D eigenvalue weighted by atomic mass is 32.2. The van der Waals surface area contributed by atoms with Gasteiger partial charge in [-0.2, -0.15) is 4.31 Å². The van der Waals surface area contributed by atoms with Crippen LogP contribution in [0.15, 0.2) is 40.3 Å². The summed E-state index contributed by atoms with van der Waals surface area (Å²) in [5.74, 6) is 0.175. The van der Waals surface area contributed by atoms with Crippen LogP contribution in [-0.4, -0.2) is 60.9 Å². The number of carbonyl (C=O) groups excluding carboxylic acids is 1. The van der Waals surface area contributed by atoms with Crippen LogP contribution < -0.4 is 15.8 Å². The maximum absolute atomic E-state index is 13.7. The van der Waals surface area contributed by atoms with Crippen LogP contribution >= 0.6 is 11.3 Å². The van der Waals surface area contributed by atoms with Gasteiger partial charge in [-0.25, -0.2) is 13.4 Å². The fourth-order valence-electron chi connectivity index (χ4n) is 5.47. The lowest BCUT2D eigenvalue weighted by Gasteiger charge is -2.34. The molecule has 212 valence electrons. The highest BCUT2D eigenvalue weighted by Crippen LogP contribution is 2.35. The molecule has 0 unspecified atom stereocenters. The summed E-state index contributed by atoms with van der Waals surface area (Å²) in [7, 11) is -3.88. The molecule has 1 saturated heterocycles. The molecule has 1 amide bonds. The Morgan fingerprint density at radius 3 is 2.59 bits per heavy atom. The molecule has 1 aliphatic rings. The minimum Gasteiger partial charge on any atom is -0.372 e. The van der Waals surface area contributed by atoms with Crippen LogP contribution in [0.4, 0.5) is 5.69 Å². The first-order valence-electron chi connectivity index (χ1n) is 13.6. The van der Waals surface area contributed by atoms with Gasteiger partial charge in [-0.1, -0.05) is 26.0 Å². The highest BCUT2D eigenvalue weighted by Gasteiger charge is 2.35. The molecular weight excluding hydrogens is 534 g/mol. The van der Waals surface area contributed by atoms with Gasteiger partial charge >= 0.3 is 0 Å². The van der Waals surface area contributed by atoms with Gasteiger partial charge in [-0.05, 0) is 63.1 Å². The maximum Gasteiger partial charge on any atom is 0.263 e. The van der Waals surface area contributed by atoms with Gasteiger partial charge in [0.1, 0.15) is 16.3 Å². The molecular formula is C28H39N5O4S2. The quantitative estimate of drug-likeness (QED) is 0.370. The van der Waals surface area contributed by atoms with Crippen molar-refractivity contribution in [1.82, 2.24) is 19.2 Å². The van der Waals surface area contributed by atoms with Gasteiger partial charge in [-0.3, -0.25) is 14.2 Å². The van der Waals surface area contributed by atoms with Crippen molar-refractivity contribution in [1.29, 1.82) is 0 Å². The third-order valence-corrected chi connectivity index (χ3v) is 10.4. The lowest BCUT2D eigenvalue weighted by molar-refractivity contribution is -0.121. The van der Waals surface area contributed by atoms with Crippen LogP contribution in [0.3, 0.4) is 0 Å².